The first-order chi connectivity index (χ1) is 46.5. The van der Waals surface area contributed by atoms with Gasteiger partial charge in [-0.3, -0.25) is 0 Å². The lowest BCUT2D eigenvalue weighted by Crippen LogP contribution is -2.11. The third kappa shape index (κ3) is 7.75. The van der Waals surface area contributed by atoms with Crippen LogP contribution in [0.15, 0.2) is 309 Å². The van der Waals surface area contributed by atoms with Gasteiger partial charge in [-0.25, -0.2) is 0 Å². The largest absolute Gasteiger partial charge is 0.456 e. The van der Waals surface area contributed by atoms with Crippen molar-refractivity contribution >= 4 is 206 Å². The highest BCUT2D eigenvalue weighted by Crippen LogP contribution is 2.52. The second kappa shape index (κ2) is 19.8. The fraction of sp³-hybridized carbons (Fsp3) is 0. The molecule has 0 fully saturated rings. The van der Waals surface area contributed by atoms with E-state index >= 15 is 0 Å². The topological polar surface area (TPSA) is 59.0 Å². The predicted molar refractivity (Wildman–Crippen MR) is 397 cm³/mol. The zero-order valence-corrected chi connectivity index (χ0v) is 51.7. The molecule has 0 saturated heterocycles. The monoisotopic (exact) mass is 1240 g/mol. The summed E-state index contributed by atoms with van der Waals surface area (Å²) < 4.78 is 32.6. The summed E-state index contributed by atoms with van der Waals surface area (Å²) in [6.45, 7) is 0. The first-order valence-corrected chi connectivity index (χ1v) is 33.3. The summed E-state index contributed by atoms with van der Waals surface area (Å²) >= 11 is 3.68. The number of hydrogen-bond acceptors (Lipinski definition) is 8. The van der Waals surface area contributed by atoms with Crippen LogP contribution in [0.4, 0.5) is 34.1 Å². The van der Waals surface area contributed by atoms with E-state index in [0.29, 0.717) is 0 Å². The molecule has 0 atom stereocenters. The Labute approximate surface area is 543 Å². The molecule has 21 aromatic rings. The molecule has 0 amide bonds. The number of thiophene rings is 2. The lowest BCUT2D eigenvalue weighted by atomic mass is 9.98. The van der Waals surface area contributed by atoms with Gasteiger partial charge in [0.05, 0.1) is 22.7 Å². The van der Waals surface area contributed by atoms with Gasteiger partial charge in [-0.2, -0.15) is 0 Å². The number of fused-ring (bicyclic) bond motifs is 20. The SMILES string of the molecule is c1ccc(-c2cc3sc4ccccc4c3cc2N(c2ccc3cc4c(cc3c2)oc2cc3oc5cc6cc(N(c7cc8c(cc7-c7ccccc7)sc7ccccc78)c7cccc8c7oc7ccccc78)ccc6cc5c3cc24)c2cccc3c2oc2ccccc23)cc1. The summed E-state index contributed by atoms with van der Waals surface area (Å²) in [6, 6.07) is 105. The van der Waals surface area contributed by atoms with Crippen LogP contribution in [0.3, 0.4) is 0 Å². The fourth-order valence-corrected chi connectivity index (χ4v) is 17.3. The molecule has 6 heterocycles. The molecule has 0 aliphatic rings. The minimum atomic E-state index is 0.769. The Balaban J connectivity index is 0.716. The van der Waals surface area contributed by atoms with Crippen LogP contribution in [0, 0.1) is 0 Å². The van der Waals surface area contributed by atoms with Gasteiger partial charge in [-0.1, -0.05) is 170 Å². The van der Waals surface area contributed by atoms with Crippen molar-refractivity contribution in [1.29, 1.82) is 0 Å². The maximum atomic E-state index is 6.92. The first kappa shape index (κ1) is 51.8. The van der Waals surface area contributed by atoms with E-state index in [1.165, 1.54) is 40.3 Å². The van der Waals surface area contributed by atoms with Crippen molar-refractivity contribution in [1.82, 2.24) is 0 Å². The van der Waals surface area contributed by atoms with Crippen LogP contribution in [0.2, 0.25) is 0 Å². The van der Waals surface area contributed by atoms with Gasteiger partial charge in [0.2, 0.25) is 0 Å². The highest BCUT2D eigenvalue weighted by atomic mass is 32.1. The summed E-state index contributed by atoms with van der Waals surface area (Å²) in [5, 5.41) is 17.7. The van der Waals surface area contributed by atoms with Crippen LogP contribution < -0.4 is 9.80 Å². The highest BCUT2D eigenvalue weighted by Gasteiger charge is 2.28. The molecule has 0 spiro atoms. The lowest BCUT2D eigenvalue weighted by Gasteiger charge is -2.28. The second-order valence-corrected chi connectivity index (χ2v) is 26.8. The fourth-order valence-electron chi connectivity index (χ4n) is 15.0. The average Bonchev–Trinajstić information content (AvgIpc) is 2.29. The van der Waals surface area contributed by atoms with Crippen LogP contribution in [-0.2, 0) is 0 Å². The molecule has 21 rings (SSSR count). The van der Waals surface area contributed by atoms with Gasteiger partial charge in [0, 0.05) is 112 Å². The number of nitrogens with zero attached hydrogens (tertiary/aromatic N) is 2. The van der Waals surface area contributed by atoms with Crippen molar-refractivity contribution in [2.45, 2.75) is 0 Å². The zero-order valence-electron chi connectivity index (χ0n) is 50.1. The second-order valence-electron chi connectivity index (χ2n) is 24.6. The molecular formula is C86H48N2O4S2. The third-order valence-corrected chi connectivity index (χ3v) is 21.6. The van der Waals surface area contributed by atoms with Crippen molar-refractivity contribution in [3.63, 3.8) is 0 Å². The van der Waals surface area contributed by atoms with Gasteiger partial charge in [0.25, 0.3) is 0 Å². The third-order valence-electron chi connectivity index (χ3n) is 19.4. The molecule has 6 nitrogen and oxygen atoms in total. The van der Waals surface area contributed by atoms with E-state index in [4.69, 9.17) is 17.7 Å². The Kier molecular flexibility index (Phi) is 10.9. The van der Waals surface area contributed by atoms with Gasteiger partial charge in [-0.05, 0) is 148 Å². The van der Waals surface area contributed by atoms with E-state index in [1.54, 1.807) is 0 Å². The van der Waals surface area contributed by atoms with Crippen molar-refractivity contribution in [3.05, 3.63) is 291 Å². The smallest absolute Gasteiger partial charge is 0.159 e. The summed E-state index contributed by atoms with van der Waals surface area (Å²) in [6.07, 6.45) is 0. The molecule has 0 aliphatic carbocycles. The van der Waals surface area contributed by atoms with Crippen LogP contribution in [-0.4, -0.2) is 0 Å². The van der Waals surface area contributed by atoms with Crippen molar-refractivity contribution in [3.8, 4) is 22.3 Å². The molecule has 0 N–H and O–H groups in total. The summed E-state index contributed by atoms with van der Waals surface area (Å²) in [7, 11) is 0. The summed E-state index contributed by atoms with van der Waals surface area (Å²) in [4.78, 5) is 4.80. The molecule has 438 valence electrons. The van der Waals surface area contributed by atoms with Crippen LogP contribution in [0.1, 0.15) is 0 Å². The Morgan fingerprint density at radius 1 is 0.213 bits per heavy atom. The van der Waals surface area contributed by atoms with Crippen LogP contribution in [0.5, 0.6) is 0 Å². The molecule has 0 unspecified atom stereocenters. The number of hydrogen-bond donors (Lipinski definition) is 0. The standard InChI is InChI=1S/C86H48N2O4S2/c1-3-17-49(18-4-1)63-46-83-69(59-23-9-13-31-81(59)93-83)44-73(63)87(71-27-15-25-61-57-21-7-11-29-75(57)91-85(61)71)55-35-33-51-39-65-67-43-68-66-40-52-34-36-56(38-54(52)42-78(66)90-80(68)48-79(67)89-77(65)41-53(51)37-55)88(72-28-16-26-62-58-22-8-12-30-76(58)92-86(62)72)74-45-70-60-24-10-14-32-82(60)94-84(70)47-64(74)50-19-5-2-6-20-50/h1-48H. The van der Waals surface area contributed by atoms with Crippen molar-refractivity contribution < 1.29 is 17.7 Å². The Hall–Kier alpha value is -11.9. The Morgan fingerprint density at radius 3 is 1.10 bits per heavy atom. The summed E-state index contributed by atoms with van der Waals surface area (Å²) in [5.41, 5.74) is 17.1. The van der Waals surface area contributed by atoms with Crippen LogP contribution >= 0.6 is 22.7 Å². The van der Waals surface area contributed by atoms with E-state index in [9.17, 15) is 0 Å². The van der Waals surface area contributed by atoms with E-state index in [1.807, 2.05) is 34.8 Å². The van der Waals surface area contributed by atoms with E-state index < -0.39 is 0 Å². The highest BCUT2D eigenvalue weighted by molar-refractivity contribution is 7.26. The maximum absolute atomic E-state index is 6.92. The Morgan fingerprint density at radius 2 is 0.617 bits per heavy atom. The van der Waals surface area contributed by atoms with E-state index in [0.717, 1.165) is 166 Å². The molecule has 0 saturated carbocycles. The molecular weight excluding hydrogens is 1190 g/mol. The minimum Gasteiger partial charge on any atom is -0.456 e. The van der Waals surface area contributed by atoms with Gasteiger partial charge < -0.3 is 27.5 Å². The predicted octanol–water partition coefficient (Wildman–Crippen LogP) is 26.6. The minimum absolute atomic E-state index is 0.769. The lowest BCUT2D eigenvalue weighted by molar-refractivity contribution is 0.656. The molecule has 0 radical (unpaired) electrons. The molecule has 0 aliphatic heterocycles. The van der Waals surface area contributed by atoms with Crippen molar-refractivity contribution in [2.75, 3.05) is 9.80 Å². The molecule has 6 aromatic heterocycles. The quantitative estimate of drug-likeness (QED) is 0.151. The molecule has 15 aromatic carbocycles. The zero-order chi connectivity index (χ0) is 61.3. The average molecular weight is 1240 g/mol. The van der Waals surface area contributed by atoms with Gasteiger partial charge in [0.15, 0.2) is 11.2 Å². The van der Waals surface area contributed by atoms with Crippen molar-refractivity contribution in [2.24, 2.45) is 0 Å². The number of anilines is 6. The molecule has 94 heavy (non-hydrogen) atoms. The van der Waals surface area contributed by atoms with Gasteiger partial charge >= 0.3 is 0 Å². The normalized spacial score (nSPS) is 12.3. The maximum Gasteiger partial charge on any atom is 0.159 e. The van der Waals surface area contributed by atoms with Gasteiger partial charge in [0.1, 0.15) is 33.5 Å². The van der Waals surface area contributed by atoms with Gasteiger partial charge in [-0.15, -0.1) is 22.7 Å². The van der Waals surface area contributed by atoms with E-state index in [-0.39, 0.29) is 0 Å². The Bertz CT molecular complexity index is 6360. The number of para-hydroxylation sites is 4. The summed E-state index contributed by atoms with van der Waals surface area (Å²) in [5.74, 6) is 0. The number of benzene rings is 15. The number of furan rings is 4. The molecule has 8 heteroatoms. The van der Waals surface area contributed by atoms with E-state index in [2.05, 4.69) is 289 Å². The first-order valence-electron chi connectivity index (χ1n) is 31.7. The molecule has 0 bridgehead atoms. The van der Waals surface area contributed by atoms with Crippen LogP contribution in [0.25, 0.3) is 172 Å². The number of rotatable bonds is 8.